The van der Waals surface area contributed by atoms with Gasteiger partial charge in [0.05, 0.1) is 12.7 Å². The van der Waals surface area contributed by atoms with E-state index in [1.807, 2.05) is 30.3 Å². The molecule has 5 nitrogen and oxygen atoms in total. The Balaban J connectivity index is 1.42. The molecule has 2 aliphatic heterocycles. The Morgan fingerprint density at radius 1 is 1.17 bits per heavy atom. The van der Waals surface area contributed by atoms with E-state index in [1.54, 1.807) is 12.1 Å². The summed E-state index contributed by atoms with van der Waals surface area (Å²) in [5.74, 6) is 1.90. The number of piperidine rings is 1. The smallest absolute Gasteiger partial charge is 0.174 e. The quantitative estimate of drug-likeness (QED) is 0.461. The van der Waals surface area contributed by atoms with Crippen molar-refractivity contribution >= 4 is 0 Å². The number of hydrogen-bond acceptors (Lipinski definition) is 5. The van der Waals surface area contributed by atoms with E-state index >= 15 is 0 Å². The van der Waals surface area contributed by atoms with Gasteiger partial charge in [-0.3, -0.25) is 0 Å². The third-order valence-electron chi connectivity index (χ3n) is 5.99. The number of likely N-dealkylation sites (tertiary alicyclic amines) is 1. The molecule has 0 aliphatic carbocycles. The second-order valence-electron chi connectivity index (χ2n) is 8.05. The summed E-state index contributed by atoms with van der Waals surface area (Å²) < 4.78 is 19.6. The van der Waals surface area contributed by atoms with Gasteiger partial charge in [-0.05, 0) is 68.1 Å². The lowest BCUT2D eigenvalue weighted by Crippen LogP contribution is -2.42. The van der Waals surface area contributed by atoms with Crippen molar-refractivity contribution in [3.63, 3.8) is 0 Å². The maximum absolute atomic E-state index is 13.4. The number of fused-ring (bicyclic) bond motifs is 1. The van der Waals surface area contributed by atoms with Crippen LogP contribution in [0, 0.1) is 23.1 Å². The first-order valence-corrected chi connectivity index (χ1v) is 10.6. The zero-order valence-corrected chi connectivity index (χ0v) is 17.1. The molecule has 2 heterocycles. The summed E-state index contributed by atoms with van der Waals surface area (Å²) in [5, 5.41) is 8.74. The normalized spacial score (nSPS) is 20.9. The van der Waals surface area contributed by atoms with Crippen LogP contribution in [0.5, 0.6) is 11.5 Å². The van der Waals surface area contributed by atoms with E-state index < -0.39 is 0 Å². The molecule has 1 saturated heterocycles. The predicted molar refractivity (Wildman–Crippen MR) is 111 cm³/mol. The topological polar surface area (TPSA) is 54.7 Å². The first-order chi connectivity index (χ1) is 14.7. The number of benzene rings is 2. The van der Waals surface area contributed by atoms with Gasteiger partial charge in [0, 0.05) is 30.5 Å². The predicted octanol–water partition coefficient (Wildman–Crippen LogP) is 4.83. The van der Waals surface area contributed by atoms with E-state index in [-0.39, 0.29) is 5.82 Å². The van der Waals surface area contributed by atoms with Crippen molar-refractivity contribution in [3.8, 4) is 17.6 Å². The number of hydrogen-bond donors (Lipinski definition) is 0. The van der Waals surface area contributed by atoms with Crippen molar-refractivity contribution in [1.29, 1.82) is 5.26 Å². The maximum Gasteiger partial charge on any atom is 0.174 e. The standard InChI is InChI=1S/C24H27FN2O3/c25-21-7-4-18(5-8-21)23-10-13-27(12-3-1-2-11-26)15-20(23)16-28-22-9-6-19-17-29-30-24(19)14-22/h4-9,14,20,23H,1-3,10,12-13,15-17H2/t20-,23-/m1/s1. The van der Waals surface area contributed by atoms with Gasteiger partial charge in [-0.2, -0.15) is 10.1 Å². The van der Waals surface area contributed by atoms with Gasteiger partial charge in [0.1, 0.15) is 18.2 Å². The Kier molecular flexibility index (Phi) is 6.83. The van der Waals surface area contributed by atoms with E-state index in [0.717, 1.165) is 50.2 Å². The van der Waals surface area contributed by atoms with Crippen LogP contribution in [0.2, 0.25) is 0 Å². The highest BCUT2D eigenvalue weighted by atomic mass is 19.1. The maximum atomic E-state index is 13.4. The Morgan fingerprint density at radius 3 is 2.87 bits per heavy atom. The van der Waals surface area contributed by atoms with Gasteiger partial charge in [0.2, 0.25) is 0 Å². The van der Waals surface area contributed by atoms with Crippen LogP contribution in [0.3, 0.4) is 0 Å². The molecule has 0 unspecified atom stereocenters. The molecule has 0 bridgehead atoms. The van der Waals surface area contributed by atoms with Gasteiger partial charge in [0.15, 0.2) is 5.75 Å². The SMILES string of the molecule is N#CCCCCN1CC[C@H](c2ccc(F)cc2)[C@@H](COc2ccc3c(c2)OOC3)C1. The van der Waals surface area contributed by atoms with Gasteiger partial charge >= 0.3 is 0 Å². The van der Waals surface area contributed by atoms with Crippen molar-refractivity contribution in [1.82, 2.24) is 4.90 Å². The van der Waals surface area contributed by atoms with Crippen LogP contribution in [0.1, 0.15) is 42.7 Å². The molecule has 0 saturated carbocycles. The Hall–Kier alpha value is -2.62. The molecule has 30 heavy (non-hydrogen) atoms. The largest absolute Gasteiger partial charge is 0.493 e. The van der Waals surface area contributed by atoms with E-state index in [2.05, 4.69) is 11.0 Å². The third kappa shape index (κ3) is 5.10. The number of unbranched alkanes of at least 4 members (excludes halogenated alkanes) is 2. The molecule has 2 aromatic rings. The molecule has 0 amide bonds. The lowest BCUT2D eigenvalue weighted by molar-refractivity contribution is -0.194. The molecule has 1 fully saturated rings. The van der Waals surface area contributed by atoms with Crippen molar-refractivity contribution in [3.05, 3.63) is 59.4 Å². The summed E-state index contributed by atoms with van der Waals surface area (Å²) in [6, 6.07) is 14.9. The molecule has 0 spiro atoms. The molecular formula is C24H27FN2O3. The fourth-order valence-electron chi connectivity index (χ4n) is 4.35. The van der Waals surface area contributed by atoms with Crippen LogP contribution in [-0.4, -0.2) is 31.1 Å². The minimum atomic E-state index is -0.207. The first kappa shape index (κ1) is 20.6. The minimum Gasteiger partial charge on any atom is -0.493 e. The van der Waals surface area contributed by atoms with Gasteiger partial charge in [-0.15, -0.1) is 0 Å². The Bertz CT molecular complexity index is 881. The van der Waals surface area contributed by atoms with E-state index in [4.69, 9.17) is 19.8 Å². The fraction of sp³-hybridized carbons (Fsp3) is 0.458. The van der Waals surface area contributed by atoms with Crippen molar-refractivity contribution < 1.29 is 18.9 Å². The number of nitrogens with zero attached hydrogens (tertiary/aromatic N) is 2. The van der Waals surface area contributed by atoms with Gasteiger partial charge in [-0.1, -0.05) is 12.1 Å². The zero-order valence-electron chi connectivity index (χ0n) is 17.1. The molecule has 0 radical (unpaired) electrons. The average Bonchev–Trinajstić information content (AvgIpc) is 3.24. The monoisotopic (exact) mass is 410 g/mol. The van der Waals surface area contributed by atoms with E-state index in [9.17, 15) is 4.39 Å². The highest BCUT2D eigenvalue weighted by molar-refractivity contribution is 5.41. The highest BCUT2D eigenvalue weighted by Crippen LogP contribution is 2.35. The number of halogens is 1. The van der Waals surface area contributed by atoms with Gasteiger partial charge < -0.3 is 14.5 Å². The van der Waals surface area contributed by atoms with Gasteiger partial charge in [-0.25, -0.2) is 4.39 Å². The molecule has 2 aliphatic rings. The summed E-state index contributed by atoms with van der Waals surface area (Å²) >= 11 is 0. The lowest BCUT2D eigenvalue weighted by atomic mass is 9.80. The van der Waals surface area contributed by atoms with E-state index in [1.165, 1.54) is 5.56 Å². The van der Waals surface area contributed by atoms with E-state index in [0.29, 0.717) is 37.2 Å². The van der Waals surface area contributed by atoms with Crippen LogP contribution < -0.4 is 9.62 Å². The number of nitriles is 1. The van der Waals surface area contributed by atoms with Crippen LogP contribution in [0.25, 0.3) is 0 Å². The summed E-state index contributed by atoms with van der Waals surface area (Å²) in [7, 11) is 0. The van der Waals surface area contributed by atoms with Crippen molar-refractivity contribution in [2.24, 2.45) is 5.92 Å². The van der Waals surface area contributed by atoms with Crippen LogP contribution in [-0.2, 0) is 11.5 Å². The summed E-state index contributed by atoms with van der Waals surface area (Å²) in [5.41, 5.74) is 2.19. The van der Waals surface area contributed by atoms with Crippen LogP contribution >= 0.6 is 0 Å². The number of ether oxygens (including phenoxy) is 1. The molecule has 158 valence electrons. The summed E-state index contributed by atoms with van der Waals surface area (Å²) in [6.45, 7) is 3.98. The Morgan fingerprint density at radius 2 is 2.03 bits per heavy atom. The van der Waals surface area contributed by atoms with Crippen LogP contribution in [0.4, 0.5) is 4.39 Å². The zero-order chi connectivity index (χ0) is 20.8. The molecule has 6 heteroatoms. The number of rotatable bonds is 8. The molecule has 4 rings (SSSR count). The Labute approximate surface area is 176 Å². The average molecular weight is 410 g/mol. The second-order valence-corrected chi connectivity index (χ2v) is 8.05. The molecule has 0 N–H and O–H groups in total. The summed E-state index contributed by atoms with van der Waals surface area (Å²) in [6.07, 6.45) is 3.60. The molecule has 2 atom stereocenters. The second kappa shape index (κ2) is 9.92. The van der Waals surface area contributed by atoms with Gasteiger partial charge in [0.25, 0.3) is 0 Å². The molecular weight excluding hydrogens is 383 g/mol. The minimum absolute atomic E-state index is 0.207. The highest BCUT2D eigenvalue weighted by Gasteiger charge is 2.31. The fourth-order valence-corrected chi connectivity index (χ4v) is 4.35. The molecule has 2 aromatic carbocycles. The third-order valence-corrected chi connectivity index (χ3v) is 5.99. The molecule has 0 aromatic heterocycles. The van der Waals surface area contributed by atoms with Crippen molar-refractivity contribution in [2.45, 2.75) is 38.2 Å². The lowest BCUT2D eigenvalue weighted by Gasteiger charge is -2.39. The van der Waals surface area contributed by atoms with Crippen LogP contribution in [0.15, 0.2) is 42.5 Å². The first-order valence-electron chi connectivity index (χ1n) is 10.6. The van der Waals surface area contributed by atoms with Crippen molar-refractivity contribution in [2.75, 3.05) is 26.2 Å². The summed E-state index contributed by atoms with van der Waals surface area (Å²) in [4.78, 5) is 12.6.